The minimum atomic E-state index is -0.0678. The van der Waals surface area contributed by atoms with E-state index in [-0.39, 0.29) is 18.0 Å². The summed E-state index contributed by atoms with van der Waals surface area (Å²) in [5.74, 6) is 0.119. The van der Waals surface area contributed by atoms with Crippen LogP contribution in [0.1, 0.15) is 30.0 Å². The van der Waals surface area contributed by atoms with Gasteiger partial charge in [0.25, 0.3) is 0 Å². The lowest BCUT2D eigenvalue weighted by atomic mass is 10.0. The Kier molecular flexibility index (Phi) is 7.39. The SMILES string of the molecule is O=C(NCC(c1ccccc1Cl)N1CCOCC1)C1CCCN1Cc1ccccc1. The molecular weight excluding hydrogens is 398 g/mol. The average molecular weight is 428 g/mol. The van der Waals surface area contributed by atoms with E-state index in [1.165, 1.54) is 5.56 Å². The van der Waals surface area contributed by atoms with Crippen molar-refractivity contribution < 1.29 is 9.53 Å². The van der Waals surface area contributed by atoms with Crippen LogP contribution in [0.3, 0.4) is 0 Å². The number of nitrogens with one attached hydrogen (secondary N) is 1. The molecule has 2 saturated heterocycles. The monoisotopic (exact) mass is 427 g/mol. The quantitative estimate of drug-likeness (QED) is 0.734. The van der Waals surface area contributed by atoms with Crippen LogP contribution in [0.2, 0.25) is 5.02 Å². The lowest BCUT2D eigenvalue weighted by Crippen LogP contribution is -2.48. The van der Waals surface area contributed by atoms with Gasteiger partial charge >= 0.3 is 0 Å². The smallest absolute Gasteiger partial charge is 0.237 e. The summed E-state index contributed by atoms with van der Waals surface area (Å²) in [7, 11) is 0. The van der Waals surface area contributed by atoms with Crippen molar-refractivity contribution in [2.45, 2.75) is 31.5 Å². The van der Waals surface area contributed by atoms with Gasteiger partial charge in [0.2, 0.25) is 5.91 Å². The molecule has 6 heteroatoms. The van der Waals surface area contributed by atoms with Gasteiger partial charge in [0.05, 0.1) is 25.3 Å². The standard InChI is InChI=1S/C24H30ClN3O2/c25-21-10-5-4-9-20(21)23(27-13-15-30-16-14-27)17-26-24(29)22-11-6-12-28(22)18-19-7-2-1-3-8-19/h1-5,7-10,22-23H,6,11-18H2,(H,26,29). The van der Waals surface area contributed by atoms with Crippen LogP contribution in [0.25, 0.3) is 0 Å². The molecule has 2 aromatic carbocycles. The summed E-state index contributed by atoms with van der Waals surface area (Å²) in [4.78, 5) is 17.8. The molecule has 0 aromatic heterocycles. The first-order chi connectivity index (χ1) is 14.7. The highest BCUT2D eigenvalue weighted by Gasteiger charge is 2.32. The fourth-order valence-corrected chi connectivity index (χ4v) is 4.78. The molecule has 0 radical (unpaired) electrons. The second-order valence-electron chi connectivity index (χ2n) is 8.04. The number of carbonyl (C=O) groups is 1. The van der Waals surface area contributed by atoms with Crippen LogP contribution < -0.4 is 5.32 Å². The van der Waals surface area contributed by atoms with Crippen LogP contribution in [0.15, 0.2) is 54.6 Å². The van der Waals surface area contributed by atoms with E-state index in [1.54, 1.807) is 0 Å². The Hall–Kier alpha value is -1.92. The Morgan fingerprint density at radius 3 is 2.57 bits per heavy atom. The van der Waals surface area contributed by atoms with E-state index in [4.69, 9.17) is 16.3 Å². The number of halogens is 1. The predicted octanol–water partition coefficient (Wildman–Crippen LogP) is 3.49. The number of likely N-dealkylation sites (tertiary alicyclic amines) is 1. The van der Waals surface area contributed by atoms with Crippen LogP contribution >= 0.6 is 11.6 Å². The topological polar surface area (TPSA) is 44.8 Å². The molecule has 2 unspecified atom stereocenters. The lowest BCUT2D eigenvalue weighted by Gasteiger charge is -2.35. The summed E-state index contributed by atoms with van der Waals surface area (Å²) in [6.45, 7) is 5.44. The van der Waals surface area contributed by atoms with Gasteiger partial charge in [0, 0.05) is 31.2 Å². The lowest BCUT2D eigenvalue weighted by molar-refractivity contribution is -0.126. The van der Waals surface area contributed by atoms with Crippen LogP contribution in [-0.2, 0) is 16.1 Å². The van der Waals surface area contributed by atoms with Crippen LogP contribution in [0.5, 0.6) is 0 Å². The maximum atomic E-state index is 13.1. The first-order valence-electron chi connectivity index (χ1n) is 10.8. The minimum absolute atomic E-state index is 0.0514. The number of hydrogen-bond acceptors (Lipinski definition) is 4. The fraction of sp³-hybridized carbons (Fsp3) is 0.458. The number of benzene rings is 2. The summed E-state index contributed by atoms with van der Waals surface area (Å²) in [6, 6.07) is 18.3. The van der Waals surface area contributed by atoms with Crippen molar-refractivity contribution in [3.05, 3.63) is 70.7 Å². The molecule has 2 aromatic rings. The van der Waals surface area contributed by atoms with E-state index in [1.807, 2.05) is 24.3 Å². The summed E-state index contributed by atoms with van der Waals surface area (Å²) < 4.78 is 5.52. The zero-order valence-electron chi connectivity index (χ0n) is 17.3. The van der Waals surface area contributed by atoms with Crippen LogP contribution in [0.4, 0.5) is 0 Å². The molecule has 2 heterocycles. The van der Waals surface area contributed by atoms with Crippen LogP contribution in [0, 0.1) is 0 Å². The van der Waals surface area contributed by atoms with E-state index in [9.17, 15) is 4.79 Å². The molecule has 5 nitrogen and oxygen atoms in total. The number of amides is 1. The van der Waals surface area contributed by atoms with E-state index in [0.717, 1.165) is 49.6 Å². The summed E-state index contributed by atoms with van der Waals surface area (Å²) in [5, 5.41) is 3.99. The van der Waals surface area contributed by atoms with Crippen molar-refractivity contribution in [3.63, 3.8) is 0 Å². The van der Waals surface area contributed by atoms with Crippen molar-refractivity contribution >= 4 is 17.5 Å². The summed E-state index contributed by atoms with van der Waals surface area (Å²) in [6.07, 6.45) is 1.97. The van der Waals surface area contributed by atoms with Crippen LogP contribution in [-0.4, -0.2) is 61.1 Å². The molecule has 0 saturated carbocycles. The second-order valence-corrected chi connectivity index (χ2v) is 8.45. The molecule has 30 heavy (non-hydrogen) atoms. The molecule has 2 fully saturated rings. The molecule has 2 aliphatic heterocycles. The van der Waals surface area contributed by atoms with E-state index in [2.05, 4.69) is 45.4 Å². The fourth-order valence-electron chi connectivity index (χ4n) is 4.52. The average Bonchev–Trinajstić information content (AvgIpc) is 3.24. The van der Waals surface area contributed by atoms with Gasteiger partial charge in [0.15, 0.2) is 0 Å². The number of nitrogens with zero attached hydrogens (tertiary/aromatic N) is 2. The predicted molar refractivity (Wildman–Crippen MR) is 119 cm³/mol. The van der Waals surface area contributed by atoms with E-state index in [0.29, 0.717) is 19.8 Å². The molecule has 1 N–H and O–H groups in total. The van der Waals surface area contributed by atoms with E-state index >= 15 is 0 Å². The van der Waals surface area contributed by atoms with Crippen molar-refractivity contribution in [2.75, 3.05) is 39.4 Å². The Bertz CT molecular complexity index is 826. The molecule has 1 amide bonds. The molecule has 160 valence electrons. The highest BCUT2D eigenvalue weighted by Crippen LogP contribution is 2.28. The van der Waals surface area contributed by atoms with Gasteiger partial charge in [-0.15, -0.1) is 0 Å². The number of ether oxygens (including phenoxy) is 1. The molecule has 0 bridgehead atoms. The van der Waals surface area contributed by atoms with Gasteiger partial charge in [-0.3, -0.25) is 14.6 Å². The third-order valence-electron chi connectivity index (χ3n) is 6.12. The minimum Gasteiger partial charge on any atom is -0.379 e. The Labute approximate surface area is 184 Å². The largest absolute Gasteiger partial charge is 0.379 e. The Morgan fingerprint density at radius 2 is 1.80 bits per heavy atom. The van der Waals surface area contributed by atoms with Gasteiger partial charge in [-0.25, -0.2) is 0 Å². The zero-order valence-corrected chi connectivity index (χ0v) is 18.1. The maximum absolute atomic E-state index is 13.1. The van der Waals surface area contributed by atoms with Gasteiger partial charge in [-0.1, -0.05) is 60.1 Å². The number of morpholine rings is 1. The molecule has 2 aliphatic rings. The zero-order chi connectivity index (χ0) is 20.8. The first-order valence-corrected chi connectivity index (χ1v) is 11.2. The number of rotatable bonds is 7. The highest BCUT2D eigenvalue weighted by atomic mass is 35.5. The third kappa shape index (κ3) is 5.22. The maximum Gasteiger partial charge on any atom is 0.237 e. The molecule has 0 spiro atoms. The molecule has 2 atom stereocenters. The van der Waals surface area contributed by atoms with Crippen molar-refractivity contribution in [1.82, 2.24) is 15.1 Å². The Balaban J connectivity index is 1.42. The van der Waals surface area contributed by atoms with Gasteiger partial charge < -0.3 is 10.1 Å². The number of hydrogen-bond donors (Lipinski definition) is 1. The van der Waals surface area contributed by atoms with Gasteiger partial charge in [-0.05, 0) is 36.6 Å². The third-order valence-corrected chi connectivity index (χ3v) is 6.46. The normalized spacial score (nSPS) is 21.4. The first kappa shape index (κ1) is 21.3. The molecule has 4 rings (SSSR count). The summed E-state index contributed by atoms with van der Waals surface area (Å²) >= 11 is 6.52. The van der Waals surface area contributed by atoms with Crippen molar-refractivity contribution in [1.29, 1.82) is 0 Å². The van der Waals surface area contributed by atoms with Gasteiger partial charge in [-0.2, -0.15) is 0 Å². The molecular formula is C24H30ClN3O2. The highest BCUT2D eigenvalue weighted by molar-refractivity contribution is 6.31. The van der Waals surface area contributed by atoms with E-state index < -0.39 is 0 Å². The van der Waals surface area contributed by atoms with Crippen molar-refractivity contribution in [3.8, 4) is 0 Å². The summed E-state index contributed by atoms with van der Waals surface area (Å²) in [5.41, 5.74) is 2.31. The Morgan fingerprint density at radius 1 is 1.07 bits per heavy atom. The second kappa shape index (κ2) is 10.4. The van der Waals surface area contributed by atoms with Gasteiger partial charge in [0.1, 0.15) is 0 Å². The van der Waals surface area contributed by atoms with Crippen molar-refractivity contribution in [2.24, 2.45) is 0 Å². The molecule has 0 aliphatic carbocycles. The number of carbonyl (C=O) groups excluding carboxylic acids is 1.